The van der Waals surface area contributed by atoms with Crippen LogP contribution in [-0.4, -0.2) is 23.5 Å². The SMILES string of the molecule is Cc1cc(Cl)nc(Cl)c1NC(=O)C1NCC2CCCC21. The zero-order valence-corrected chi connectivity index (χ0v) is 12.8. The molecule has 0 radical (unpaired) electrons. The molecule has 2 fully saturated rings. The Morgan fingerprint density at radius 3 is 3.00 bits per heavy atom. The first-order valence-electron chi connectivity index (χ1n) is 6.93. The van der Waals surface area contributed by atoms with E-state index in [0.29, 0.717) is 22.7 Å². The maximum atomic E-state index is 12.5. The molecular formula is C14H17Cl2N3O. The first-order chi connectivity index (χ1) is 9.56. The molecule has 3 rings (SSSR count). The van der Waals surface area contributed by atoms with E-state index in [1.807, 2.05) is 6.92 Å². The Labute approximate surface area is 128 Å². The Hall–Kier alpha value is -0.840. The molecule has 3 unspecified atom stereocenters. The van der Waals surface area contributed by atoms with E-state index in [1.54, 1.807) is 6.07 Å². The molecule has 1 saturated carbocycles. The molecule has 0 aromatic carbocycles. The molecule has 1 aliphatic heterocycles. The Balaban J connectivity index is 1.76. The molecule has 1 aliphatic carbocycles. The minimum Gasteiger partial charge on any atom is -0.322 e. The van der Waals surface area contributed by atoms with Gasteiger partial charge in [-0.3, -0.25) is 4.79 Å². The van der Waals surface area contributed by atoms with Crippen LogP contribution in [0.15, 0.2) is 6.07 Å². The quantitative estimate of drug-likeness (QED) is 0.825. The zero-order valence-electron chi connectivity index (χ0n) is 11.2. The summed E-state index contributed by atoms with van der Waals surface area (Å²) in [6, 6.07) is 1.58. The van der Waals surface area contributed by atoms with Gasteiger partial charge in [-0.2, -0.15) is 0 Å². The Bertz CT molecular complexity index is 526. The summed E-state index contributed by atoms with van der Waals surface area (Å²) in [7, 11) is 0. The standard InChI is InChI=1S/C14H17Cl2N3O/c1-7-5-10(15)18-13(16)11(7)19-14(20)12-9-4-2-3-8(9)6-17-12/h5,8-9,12,17H,2-4,6H2,1H3,(H,19,20). The second kappa shape index (κ2) is 5.51. The lowest BCUT2D eigenvalue weighted by Gasteiger charge is -2.19. The number of carbonyl (C=O) groups excluding carboxylic acids is 1. The number of halogens is 2. The van der Waals surface area contributed by atoms with Gasteiger partial charge in [-0.25, -0.2) is 4.98 Å². The van der Waals surface area contributed by atoms with Crippen LogP contribution in [0.2, 0.25) is 10.3 Å². The highest BCUT2D eigenvalue weighted by molar-refractivity contribution is 6.34. The molecule has 2 heterocycles. The van der Waals surface area contributed by atoms with Gasteiger partial charge in [0.1, 0.15) is 5.15 Å². The van der Waals surface area contributed by atoms with E-state index >= 15 is 0 Å². The van der Waals surface area contributed by atoms with E-state index in [-0.39, 0.29) is 17.1 Å². The maximum absolute atomic E-state index is 12.5. The van der Waals surface area contributed by atoms with Gasteiger partial charge < -0.3 is 10.6 Å². The van der Waals surface area contributed by atoms with Crippen LogP contribution >= 0.6 is 23.2 Å². The van der Waals surface area contributed by atoms with Crippen molar-refractivity contribution in [1.82, 2.24) is 10.3 Å². The minimum atomic E-state index is -0.117. The predicted octanol–water partition coefficient (Wildman–Crippen LogP) is 3.02. The molecule has 1 aromatic rings. The number of nitrogens with zero attached hydrogens (tertiary/aromatic N) is 1. The third kappa shape index (κ3) is 2.52. The zero-order chi connectivity index (χ0) is 14.3. The minimum absolute atomic E-state index is 0.0199. The highest BCUT2D eigenvalue weighted by atomic mass is 35.5. The lowest BCUT2D eigenvalue weighted by atomic mass is 9.93. The predicted molar refractivity (Wildman–Crippen MR) is 80.2 cm³/mol. The fraction of sp³-hybridized carbons (Fsp3) is 0.571. The lowest BCUT2D eigenvalue weighted by Crippen LogP contribution is -2.40. The average molecular weight is 314 g/mol. The van der Waals surface area contributed by atoms with Gasteiger partial charge in [0.25, 0.3) is 0 Å². The van der Waals surface area contributed by atoms with E-state index in [2.05, 4.69) is 15.6 Å². The molecule has 1 aromatic heterocycles. The monoisotopic (exact) mass is 313 g/mol. The van der Waals surface area contributed by atoms with Gasteiger partial charge in [0.15, 0.2) is 5.15 Å². The molecule has 0 spiro atoms. The summed E-state index contributed by atoms with van der Waals surface area (Å²) in [4.78, 5) is 16.4. The van der Waals surface area contributed by atoms with Crippen LogP contribution in [0.4, 0.5) is 5.69 Å². The smallest absolute Gasteiger partial charge is 0.241 e. The number of pyridine rings is 1. The van der Waals surface area contributed by atoms with Gasteiger partial charge in [-0.15, -0.1) is 0 Å². The van der Waals surface area contributed by atoms with Crippen LogP contribution in [0.5, 0.6) is 0 Å². The third-order valence-corrected chi connectivity index (χ3v) is 4.88. The molecule has 0 bridgehead atoms. The van der Waals surface area contributed by atoms with Crippen molar-refractivity contribution in [3.63, 3.8) is 0 Å². The number of aromatic nitrogens is 1. The molecule has 1 saturated heterocycles. The summed E-state index contributed by atoms with van der Waals surface area (Å²) in [6.07, 6.45) is 3.58. The highest BCUT2D eigenvalue weighted by Crippen LogP contribution is 2.38. The number of carbonyl (C=O) groups is 1. The van der Waals surface area contributed by atoms with E-state index in [4.69, 9.17) is 23.2 Å². The lowest BCUT2D eigenvalue weighted by molar-refractivity contribution is -0.118. The topological polar surface area (TPSA) is 54.0 Å². The molecule has 108 valence electrons. The van der Waals surface area contributed by atoms with Crippen molar-refractivity contribution < 1.29 is 4.79 Å². The van der Waals surface area contributed by atoms with Gasteiger partial charge in [0.05, 0.1) is 11.7 Å². The van der Waals surface area contributed by atoms with Gasteiger partial charge in [-0.05, 0) is 49.8 Å². The average Bonchev–Trinajstić information content (AvgIpc) is 2.95. The molecule has 1 amide bonds. The second-order valence-corrected chi connectivity index (χ2v) is 6.40. The maximum Gasteiger partial charge on any atom is 0.241 e. The molecule has 4 nitrogen and oxygen atoms in total. The van der Waals surface area contributed by atoms with Crippen molar-refractivity contribution in [1.29, 1.82) is 0 Å². The fourth-order valence-electron chi connectivity index (χ4n) is 3.42. The number of hydrogen-bond donors (Lipinski definition) is 2. The molecule has 3 atom stereocenters. The van der Waals surface area contributed by atoms with E-state index in [1.165, 1.54) is 12.8 Å². The van der Waals surface area contributed by atoms with Crippen LogP contribution in [0.3, 0.4) is 0 Å². The number of hydrogen-bond acceptors (Lipinski definition) is 3. The Kier molecular flexibility index (Phi) is 3.89. The van der Waals surface area contributed by atoms with Gasteiger partial charge >= 0.3 is 0 Å². The van der Waals surface area contributed by atoms with Crippen molar-refractivity contribution in [2.24, 2.45) is 11.8 Å². The van der Waals surface area contributed by atoms with Crippen LogP contribution in [-0.2, 0) is 4.79 Å². The normalized spacial score (nSPS) is 28.4. The molecule has 20 heavy (non-hydrogen) atoms. The largest absolute Gasteiger partial charge is 0.322 e. The highest BCUT2D eigenvalue weighted by Gasteiger charge is 2.42. The van der Waals surface area contributed by atoms with Crippen molar-refractivity contribution >= 4 is 34.8 Å². The number of anilines is 1. The van der Waals surface area contributed by atoms with Crippen molar-refractivity contribution in [2.75, 3.05) is 11.9 Å². The van der Waals surface area contributed by atoms with Gasteiger partial charge in [0, 0.05) is 0 Å². The molecule has 2 N–H and O–H groups in total. The number of fused-ring (bicyclic) bond motifs is 1. The van der Waals surface area contributed by atoms with Gasteiger partial charge in [-0.1, -0.05) is 29.6 Å². The first kappa shape index (κ1) is 14.1. The van der Waals surface area contributed by atoms with Crippen molar-refractivity contribution in [3.05, 3.63) is 21.9 Å². The van der Waals surface area contributed by atoms with E-state index < -0.39 is 0 Å². The summed E-state index contributed by atoms with van der Waals surface area (Å²) < 4.78 is 0. The number of amides is 1. The van der Waals surface area contributed by atoms with Crippen molar-refractivity contribution in [2.45, 2.75) is 32.2 Å². The summed E-state index contributed by atoms with van der Waals surface area (Å²) >= 11 is 11.9. The number of aryl methyl sites for hydroxylation is 1. The first-order valence-corrected chi connectivity index (χ1v) is 7.68. The summed E-state index contributed by atoms with van der Waals surface area (Å²) in [6.45, 7) is 2.80. The Morgan fingerprint density at radius 2 is 2.25 bits per heavy atom. The van der Waals surface area contributed by atoms with Crippen LogP contribution in [0, 0.1) is 18.8 Å². The Morgan fingerprint density at radius 1 is 1.45 bits per heavy atom. The third-order valence-electron chi connectivity index (χ3n) is 4.42. The summed E-state index contributed by atoms with van der Waals surface area (Å²) in [5, 5.41) is 6.81. The van der Waals surface area contributed by atoms with Crippen molar-refractivity contribution in [3.8, 4) is 0 Å². The van der Waals surface area contributed by atoms with Crippen LogP contribution in [0.25, 0.3) is 0 Å². The van der Waals surface area contributed by atoms with E-state index in [0.717, 1.165) is 18.5 Å². The molecule has 2 aliphatic rings. The molecule has 6 heteroatoms. The second-order valence-electron chi connectivity index (χ2n) is 5.66. The molecular weight excluding hydrogens is 297 g/mol. The van der Waals surface area contributed by atoms with Crippen LogP contribution < -0.4 is 10.6 Å². The fourth-order valence-corrected chi connectivity index (χ4v) is 4.00. The van der Waals surface area contributed by atoms with E-state index in [9.17, 15) is 4.79 Å². The summed E-state index contributed by atoms with van der Waals surface area (Å²) in [5.41, 5.74) is 1.38. The summed E-state index contributed by atoms with van der Waals surface area (Å²) in [5.74, 6) is 1.08. The number of nitrogens with one attached hydrogen (secondary N) is 2. The van der Waals surface area contributed by atoms with Crippen LogP contribution in [0.1, 0.15) is 24.8 Å². The van der Waals surface area contributed by atoms with Gasteiger partial charge in [0.2, 0.25) is 5.91 Å². The number of rotatable bonds is 2.